The minimum Gasteiger partial charge on any atom is -0.508 e. The Hall–Kier alpha value is -2.37. The lowest BCUT2D eigenvalue weighted by molar-refractivity contribution is -0.126. The second kappa shape index (κ2) is 13.0. The first kappa shape index (κ1) is 20.7. The molecule has 25 heavy (non-hydrogen) atoms. The van der Waals surface area contributed by atoms with Crippen LogP contribution in [0.1, 0.15) is 63.9 Å². The van der Waals surface area contributed by atoms with Crippen molar-refractivity contribution in [2.24, 2.45) is 5.10 Å². The van der Waals surface area contributed by atoms with Gasteiger partial charge in [-0.1, -0.05) is 57.6 Å². The zero-order valence-electron chi connectivity index (χ0n) is 15.0. The van der Waals surface area contributed by atoms with Crippen LogP contribution in [0.2, 0.25) is 0 Å². The van der Waals surface area contributed by atoms with Crippen LogP contribution in [-0.4, -0.2) is 29.7 Å². The molecule has 6 heteroatoms. The zero-order valence-corrected chi connectivity index (χ0v) is 15.0. The van der Waals surface area contributed by atoms with Gasteiger partial charge in [-0.15, -0.1) is 0 Å². The molecule has 1 rings (SSSR count). The third-order valence-electron chi connectivity index (χ3n) is 3.73. The summed E-state index contributed by atoms with van der Waals surface area (Å²) in [7, 11) is 0. The molecule has 0 saturated carbocycles. The minimum atomic E-state index is -0.385. The molecule has 0 saturated heterocycles. The summed E-state index contributed by atoms with van der Waals surface area (Å²) in [4.78, 5) is 23.3. The number of amides is 2. The Morgan fingerprint density at radius 2 is 1.80 bits per heavy atom. The first-order valence-corrected chi connectivity index (χ1v) is 8.99. The number of unbranched alkanes of at least 4 members (excludes halogenated alkanes) is 6. The number of phenolic OH excluding ortho intramolecular Hbond substituents is 1. The van der Waals surface area contributed by atoms with E-state index < -0.39 is 0 Å². The normalized spacial score (nSPS) is 10.8. The third kappa shape index (κ3) is 10.9. The molecule has 0 spiro atoms. The maximum absolute atomic E-state index is 11.7. The van der Waals surface area contributed by atoms with Crippen LogP contribution in [0, 0.1) is 0 Å². The summed E-state index contributed by atoms with van der Waals surface area (Å²) in [5.41, 5.74) is 3.01. The van der Waals surface area contributed by atoms with Crippen molar-refractivity contribution in [2.45, 2.75) is 58.3 Å². The third-order valence-corrected chi connectivity index (χ3v) is 3.73. The smallest absolute Gasteiger partial charge is 0.259 e. The highest BCUT2D eigenvalue weighted by molar-refractivity contribution is 5.86. The number of rotatable bonds is 12. The fraction of sp³-hybridized carbons (Fsp3) is 0.526. The van der Waals surface area contributed by atoms with Gasteiger partial charge in [0.1, 0.15) is 5.75 Å². The zero-order chi connectivity index (χ0) is 18.3. The van der Waals surface area contributed by atoms with E-state index in [-0.39, 0.29) is 24.1 Å². The summed E-state index contributed by atoms with van der Waals surface area (Å²) in [6.45, 7) is 2.10. The highest BCUT2D eigenvalue weighted by Gasteiger charge is 2.04. The van der Waals surface area contributed by atoms with Gasteiger partial charge in [-0.25, -0.2) is 5.43 Å². The van der Waals surface area contributed by atoms with Crippen LogP contribution in [0.4, 0.5) is 0 Å². The summed E-state index contributed by atoms with van der Waals surface area (Å²) >= 11 is 0. The molecule has 2 amide bonds. The molecule has 0 aliphatic heterocycles. The van der Waals surface area contributed by atoms with Crippen molar-refractivity contribution in [1.29, 1.82) is 0 Å². The van der Waals surface area contributed by atoms with Crippen LogP contribution in [0.3, 0.4) is 0 Å². The number of hydrazone groups is 1. The molecule has 0 aliphatic carbocycles. The van der Waals surface area contributed by atoms with Crippen molar-refractivity contribution in [3.8, 4) is 5.75 Å². The second-order valence-electron chi connectivity index (χ2n) is 6.04. The van der Waals surface area contributed by atoms with Gasteiger partial charge in [-0.2, -0.15) is 5.10 Å². The van der Waals surface area contributed by atoms with E-state index in [0.29, 0.717) is 12.0 Å². The van der Waals surface area contributed by atoms with Crippen molar-refractivity contribution in [1.82, 2.24) is 10.7 Å². The highest BCUT2D eigenvalue weighted by atomic mass is 16.3. The van der Waals surface area contributed by atoms with Gasteiger partial charge in [-0.3, -0.25) is 9.59 Å². The number of hydrogen-bond donors (Lipinski definition) is 3. The second-order valence-corrected chi connectivity index (χ2v) is 6.04. The van der Waals surface area contributed by atoms with E-state index in [4.69, 9.17) is 0 Å². The lowest BCUT2D eigenvalue weighted by atomic mass is 10.1. The standard InChI is InChI=1S/C19H29N3O3/c1-2-3-4-5-6-7-8-12-18(24)20-15-19(25)22-21-14-16-10-9-11-17(23)13-16/h9-11,13-14,23H,2-8,12,15H2,1H3,(H,20,24)(H,22,25). The molecule has 0 fully saturated rings. The summed E-state index contributed by atoms with van der Waals surface area (Å²) in [5, 5.41) is 15.7. The fourth-order valence-electron chi connectivity index (χ4n) is 2.33. The maximum atomic E-state index is 11.7. The first-order chi connectivity index (χ1) is 12.1. The molecule has 0 radical (unpaired) electrons. The van der Waals surface area contributed by atoms with Crippen molar-refractivity contribution >= 4 is 18.0 Å². The average Bonchev–Trinajstić information content (AvgIpc) is 2.59. The SMILES string of the molecule is CCCCCCCCCC(=O)NCC(=O)NN=Cc1cccc(O)c1. The monoisotopic (exact) mass is 347 g/mol. The number of nitrogens with zero attached hydrogens (tertiary/aromatic N) is 1. The molecular weight excluding hydrogens is 318 g/mol. The Morgan fingerprint density at radius 3 is 2.52 bits per heavy atom. The molecule has 0 heterocycles. The molecule has 6 nitrogen and oxygen atoms in total. The van der Waals surface area contributed by atoms with Crippen molar-refractivity contribution < 1.29 is 14.7 Å². The van der Waals surface area contributed by atoms with Crippen LogP contribution in [0.5, 0.6) is 5.75 Å². The van der Waals surface area contributed by atoms with Gasteiger partial charge < -0.3 is 10.4 Å². The summed E-state index contributed by atoms with van der Waals surface area (Å²) in [6, 6.07) is 6.51. The van der Waals surface area contributed by atoms with E-state index in [9.17, 15) is 14.7 Å². The van der Waals surface area contributed by atoms with Gasteiger partial charge in [0.05, 0.1) is 12.8 Å². The van der Waals surface area contributed by atoms with E-state index in [0.717, 1.165) is 19.3 Å². The number of phenols is 1. The van der Waals surface area contributed by atoms with Crippen molar-refractivity contribution in [3.05, 3.63) is 29.8 Å². The van der Waals surface area contributed by atoms with E-state index >= 15 is 0 Å². The summed E-state index contributed by atoms with van der Waals surface area (Å²) in [6.07, 6.45) is 9.97. The van der Waals surface area contributed by atoms with Crippen molar-refractivity contribution in [3.63, 3.8) is 0 Å². The Bertz CT molecular complexity index is 559. The molecule has 0 unspecified atom stereocenters. The molecule has 1 aromatic rings. The van der Waals surface area contributed by atoms with E-state index in [2.05, 4.69) is 22.8 Å². The van der Waals surface area contributed by atoms with E-state index in [1.807, 2.05) is 0 Å². The lowest BCUT2D eigenvalue weighted by Crippen LogP contribution is -2.34. The van der Waals surface area contributed by atoms with Crippen molar-refractivity contribution in [2.75, 3.05) is 6.54 Å². The van der Waals surface area contributed by atoms with Crippen LogP contribution < -0.4 is 10.7 Å². The molecule has 0 bridgehead atoms. The predicted molar refractivity (Wildman–Crippen MR) is 99.5 cm³/mol. The molecule has 0 aromatic heterocycles. The van der Waals surface area contributed by atoms with Crippen LogP contribution in [0.15, 0.2) is 29.4 Å². The van der Waals surface area contributed by atoms with Crippen LogP contribution >= 0.6 is 0 Å². The molecule has 0 atom stereocenters. The average molecular weight is 347 g/mol. The molecular formula is C19H29N3O3. The number of benzene rings is 1. The number of carbonyl (C=O) groups is 2. The molecule has 1 aromatic carbocycles. The maximum Gasteiger partial charge on any atom is 0.259 e. The summed E-state index contributed by atoms with van der Waals surface area (Å²) in [5.74, 6) is -0.363. The largest absolute Gasteiger partial charge is 0.508 e. The Morgan fingerprint density at radius 1 is 1.08 bits per heavy atom. The minimum absolute atomic E-state index is 0.0906. The van der Waals surface area contributed by atoms with Gasteiger partial charge in [0.15, 0.2) is 0 Å². The quantitative estimate of drug-likeness (QED) is 0.308. The number of nitrogens with one attached hydrogen (secondary N) is 2. The highest BCUT2D eigenvalue weighted by Crippen LogP contribution is 2.09. The lowest BCUT2D eigenvalue weighted by Gasteiger charge is -2.04. The first-order valence-electron chi connectivity index (χ1n) is 8.99. The molecule has 0 aliphatic rings. The number of aromatic hydroxyl groups is 1. The molecule has 3 N–H and O–H groups in total. The van der Waals surface area contributed by atoms with Crippen LogP contribution in [-0.2, 0) is 9.59 Å². The summed E-state index contributed by atoms with van der Waals surface area (Å²) < 4.78 is 0. The Kier molecular flexibility index (Phi) is 10.7. The molecule has 138 valence electrons. The van der Waals surface area contributed by atoms with E-state index in [1.54, 1.807) is 18.2 Å². The van der Waals surface area contributed by atoms with Gasteiger partial charge in [-0.05, 0) is 24.1 Å². The number of carbonyl (C=O) groups excluding carboxylic acids is 2. The van der Waals surface area contributed by atoms with Gasteiger partial charge >= 0.3 is 0 Å². The number of hydrogen-bond acceptors (Lipinski definition) is 4. The predicted octanol–water partition coefficient (Wildman–Crippen LogP) is 3.10. The Balaban J connectivity index is 2.08. The van der Waals surface area contributed by atoms with Gasteiger partial charge in [0.25, 0.3) is 5.91 Å². The van der Waals surface area contributed by atoms with E-state index in [1.165, 1.54) is 38.0 Å². The van der Waals surface area contributed by atoms with Gasteiger partial charge in [0.2, 0.25) is 5.91 Å². The topological polar surface area (TPSA) is 90.8 Å². The van der Waals surface area contributed by atoms with Gasteiger partial charge in [0, 0.05) is 6.42 Å². The fourth-order valence-corrected chi connectivity index (χ4v) is 2.33. The van der Waals surface area contributed by atoms with Crippen LogP contribution in [0.25, 0.3) is 0 Å². The Labute approximate surface area is 149 Å².